The second kappa shape index (κ2) is 4.48. The molecule has 0 saturated carbocycles. The molecule has 1 aromatic heterocycles. The number of nitrogens with zero attached hydrogens (tertiary/aromatic N) is 2. The molecular formula is C18H17N3. The number of hydrogen-bond acceptors (Lipinski definition) is 2. The molecule has 3 aromatic rings. The number of benzene rings is 2. The maximum Gasteiger partial charge on any atom is 0.0814 e. The number of anilines is 1. The molecule has 0 unspecified atom stereocenters. The third-order valence-corrected chi connectivity index (χ3v) is 4.17. The molecule has 2 heterocycles. The van der Waals surface area contributed by atoms with Crippen LogP contribution in [-0.2, 0) is 6.54 Å². The number of aromatic nitrogens is 2. The van der Waals surface area contributed by atoms with Gasteiger partial charge >= 0.3 is 0 Å². The van der Waals surface area contributed by atoms with Crippen molar-refractivity contribution >= 4 is 5.69 Å². The molecule has 0 atom stereocenters. The lowest BCUT2D eigenvalue weighted by molar-refractivity contribution is 0.862. The first-order chi connectivity index (χ1) is 10.3. The highest BCUT2D eigenvalue weighted by atomic mass is 15.3. The lowest BCUT2D eigenvalue weighted by atomic mass is 9.99. The van der Waals surface area contributed by atoms with Crippen molar-refractivity contribution in [2.24, 2.45) is 0 Å². The van der Waals surface area contributed by atoms with E-state index in [0.717, 1.165) is 17.9 Å². The molecule has 0 amide bonds. The summed E-state index contributed by atoms with van der Waals surface area (Å²) in [5.41, 5.74) is 8.39. The Hall–Kier alpha value is -2.55. The van der Waals surface area contributed by atoms with Crippen LogP contribution >= 0.6 is 0 Å². The second-order valence-electron chi connectivity index (χ2n) is 5.51. The van der Waals surface area contributed by atoms with Crippen molar-refractivity contribution in [3.63, 3.8) is 0 Å². The van der Waals surface area contributed by atoms with Crippen LogP contribution in [0.4, 0.5) is 5.69 Å². The van der Waals surface area contributed by atoms with Gasteiger partial charge in [0, 0.05) is 23.4 Å². The minimum absolute atomic E-state index is 0.837. The molecular weight excluding hydrogens is 258 g/mol. The molecule has 4 rings (SSSR count). The molecule has 104 valence electrons. The summed E-state index contributed by atoms with van der Waals surface area (Å²) < 4.78 is 2.10. The first-order valence-corrected chi connectivity index (χ1v) is 7.23. The summed E-state index contributed by atoms with van der Waals surface area (Å²) >= 11 is 0. The SMILES string of the molecule is Cc1ccccc1-n1nc(C)c2c1-c1ccccc1NC2. The Kier molecular flexibility index (Phi) is 2.61. The quantitative estimate of drug-likeness (QED) is 0.725. The van der Waals surface area contributed by atoms with Gasteiger partial charge < -0.3 is 5.32 Å². The fourth-order valence-electron chi connectivity index (χ4n) is 3.05. The summed E-state index contributed by atoms with van der Waals surface area (Å²) in [4.78, 5) is 0. The second-order valence-corrected chi connectivity index (χ2v) is 5.51. The van der Waals surface area contributed by atoms with Crippen LogP contribution in [-0.4, -0.2) is 9.78 Å². The van der Waals surface area contributed by atoms with E-state index in [1.165, 1.54) is 28.1 Å². The van der Waals surface area contributed by atoms with Gasteiger partial charge in [-0.2, -0.15) is 5.10 Å². The van der Waals surface area contributed by atoms with E-state index >= 15 is 0 Å². The van der Waals surface area contributed by atoms with Gasteiger partial charge in [0.1, 0.15) is 0 Å². The van der Waals surface area contributed by atoms with Gasteiger partial charge in [-0.15, -0.1) is 0 Å². The summed E-state index contributed by atoms with van der Waals surface area (Å²) in [6.07, 6.45) is 0. The zero-order chi connectivity index (χ0) is 14.4. The van der Waals surface area contributed by atoms with E-state index in [9.17, 15) is 0 Å². The summed E-state index contributed by atoms with van der Waals surface area (Å²) in [6.45, 7) is 5.05. The molecule has 0 fully saturated rings. The topological polar surface area (TPSA) is 29.9 Å². The van der Waals surface area contributed by atoms with Gasteiger partial charge in [-0.1, -0.05) is 36.4 Å². The zero-order valence-corrected chi connectivity index (χ0v) is 12.2. The van der Waals surface area contributed by atoms with E-state index in [1.54, 1.807) is 0 Å². The maximum atomic E-state index is 4.80. The first kappa shape index (κ1) is 12.2. The maximum absolute atomic E-state index is 4.80. The first-order valence-electron chi connectivity index (χ1n) is 7.23. The molecule has 2 aromatic carbocycles. The Morgan fingerprint density at radius 1 is 1.00 bits per heavy atom. The largest absolute Gasteiger partial charge is 0.380 e. The van der Waals surface area contributed by atoms with E-state index in [2.05, 4.69) is 72.4 Å². The number of fused-ring (bicyclic) bond motifs is 3. The smallest absolute Gasteiger partial charge is 0.0814 e. The lowest BCUT2D eigenvalue weighted by Gasteiger charge is -2.20. The van der Waals surface area contributed by atoms with Crippen LogP contribution in [0.1, 0.15) is 16.8 Å². The van der Waals surface area contributed by atoms with E-state index in [4.69, 9.17) is 5.10 Å². The highest BCUT2D eigenvalue weighted by Crippen LogP contribution is 2.38. The van der Waals surface area contributed by atoms with Gasteiger partial charge in [0.25, 0.3) is 0 Å². The predicted octanol–water partition coefficient (Wildman–Crippen LogP) is 4.08. The Balaban J connectivity index is 2.03. The molecule has 0 saturated heterocycles. The van der Waals surface area contributed by atoms with Gasteiger partial charge in [-0.05, 0) is 31.5 Å². The fraction of sp³-hybridized carbons (Fsp3) is 0.167. The Bertz CT molecular complexity index is 830. The van der Waals surface area contributed by atoms with Crippen LogP contribution in [0.15, 0.2) is 48.5 Å². The van der Waals surface area contributed by atoms with Crippen LogP contribution in [0.5, 0.6) is 0 Å². The molecule has 0 spiro atoms. The normalized spacial score (nSPS) is 12.5. The van der Waals surface area contributed by atoms with Crippen LogP contribution in [0.2, 0.25) is 0 Å². The third kappa shape index (κ3) is 1.77. The molecule has 1 N–H and O–H groups in total. The van der Waals surface area contributed by atoms with Crippen molar-refractivity contribution < 1.29 is 0 Å². The van der Waals surface area contributed by atoms with Gasteiger partial charge in [0.15, 0.2) is 0 Å². The highest BCUT2D eigenvalue weighted by molar-refractivity contribution is 5.82. The van der Waals surface area contributed by atoms with Crippen molar-refractivity contribution in [2.45, 2.75) is 20.4 Å². The Morgan fingerprint density at radius 3 is 2.62 bits per heavy atom. The van der Waals surface area contributed by atoms with Gasteiger partial charge in [0.05, 0.1) is 17.1 Å². The molecule has 1 aliphatic rings. The van der Waals surface area contributed by atoms with Crippen LogP contribution in [0.3, 0.4) is 0 Å². The zero-order valence-electron chi connectivity index (χ0n) is 12.2. The molecule has 0 aliphatic carbocycles. The standard InChI is InChI=1S/C18H17N3/c1-12-7-3-6-10-17(12)21-18-14-8-4-5-9-16(14)19-11-15(18)13(2)20-21/h3-10,19H,11H2,1-2H3. The molecule has 3 nitrogen and oxygen atoms in total. The number of aryl methyl sites for hydroxylation is 2. The van der Waals surface area contributed by atoms with Crippen LogP contribution in [0.25, 0.3) is 16.9 Å². The van der Waals surface area contributed by atoms with E-state index in [1.807, 2.05) is 0 Å². The number of hydrogen-bond donors (Lipinski definition) is 1. The Morgan fingerprint density at radius 2 is 1.76 bits per heavy atom. The van der Waals surface area contributed by atoms with E-state index < -0.39 is 0 Å². The van der Waals surface area contributed by atoms with Crippen LogP contribution in [0, 0.1) is 13.8 Å². The number of nitrogens with one attached hydrogen (secondary N) is 1. The summed E-state index contributed by atoms with van der Waals surface area (Å²) in [7, 11) is 0. The molecule has 1 aliphatic heterocycles. The van der Waals surface area contributed by atoms with Crippen LogP contribution < -0.4 is 5.32 Å². The predicted molar refractivity (Wildman–Crippen MR) is 85.8 cm³/mol. The fourth-order valence-corrected chi connectivity index (χ4v) is 3.05. The molecule has 21 heavy (non-hydrogen) atoms. The summed E-state index contributed by atoms with van der Waals surface area (Å²) in [6, 6.07) is 16.8. The van der Waals surface area contributed by atoms with E-state index in [-0.39, 0.29) is 0 Å². The van der Waals surface area contributed by atoms with Crippen molar-refractivity contribution in [1.29, 1.82) is 0 Å². The van der Waals surface area contributed by atoms with Crippen molar-refractivity contribution in [3.05, 3.63) is 65.4 Å². The molecule has 0 bridgehead atoms. The average Bonchev–Trinajstić information content (AvgIpc) is 2.85. The van der Waals surface area contributed by atoms with Crippen molar-refractivity contribution in [3.8, 4) is 16.9 Å². The minimum atomic E-state index is 0.837. The average molecular weight is 275 g/mol. The van der Waals surface area contributed by atoms with E-state index in [0.29, 0.717) is 0 Å². The molecule has 3 heteroatoms. The van der Waals surface area contributed by atoms with Gasteiger partial charge in [0.2, 0.25) is 0 Å². The monoisotopic (exact) mass is 275 g/mol. The lowest BCUT2D eigenvalue weighted by Crippen LogP contribution is -2.10. The third-order valence-electron chi connectivity index (χ3n) is 4.17. The van der Waals surface area contributed by atoms with Crippen molar-refractivity contribution in [1.82, 2.24) is 9.78 Å². The van der Waals surface area contributed by atoms with Gasteiger partial charge in [-0.25, -0.2) is 4.68 Å². The summed E-state index contributed by atoms with van der Waals surface area (Å²) in [5.74, 6) is 0. The minimum Gasteiger partial charge on any atom is -0.380 e. The number of rotatable bonds is 1. The highest BCUT2D eigenvalue weighted by Gasteiger charge is 2.24. The van der Waals surface area contributed by atoms with Gasteiger partial charge in [-0.3, -0.25) is 0 Å². The Labute approximate surface area is 124 Å². The molecule has 0 radical (unpaired) electrons. The summed E-state index contributed by atoms with van der Waals surface area (Å²) in [5, 5.41) is 8.28. The van der Waals surface area contributed by atoms with Crippen molar-refractivity contribution in [2.75, 3.05) is 5.32 Å². The number of para-hydroxylation sites is 2.